The van der Waals surface area contributed by atoms with Crippen molar-refractivity contribution in [3.8, 4) is 11.8 Å². The van der Waals surface area contributed by atoms with Gasteiger partial charge in [0.05, 0.1) is 58.6 Å². The van der Waals surface area contributed by atoms with Crippen molar-refractivity contribution in [2.75, 3.05) is 42.3 Å². The maximum Gasteiger partial charge on any atom is 0.268 e. The zero-order chi connectivity index (χ0) is 29.6. The molecule has 0 aliphatic carbocycles. The third kappa shape index (κ3) is 6.78. The molecule has 4 N–H and O–H groups in total. The lowest BCUT2D eigenvalue weighted by Gasteiger charge is -2.19. The Kier molecular flexibility index (Phi) is 8.50. The Bertz CT molecular complexity index is 1700. The molecule has 0 spiro atoms. The first-order valence-corrected chi connectivity index (χ1v) is 14.7. The summed E-state index contributed by atoms with van der Waals surface area (Å²) in [5.74, 6) is 0.0680. The molecule has 43 heavy (non-hydrogen) atoms. The van der Waals surface area contributed by atoms with Crippen molar-refractivity contribution in [1.29, 1.82) is 5.26 Å². The number of piperidine rings is 1. The number of pyridine rings is 1. The number of hydrogen-bond donors (Lipinski definition) is 4. The van der Waals surface area contributed by atoms with E-state index in [0.29, 0.717) is 51.8 Å². The number of thiophene rings is 1. The summed E-state index contributed by atoms with van der Waals surface area (Å²) in [6, 6.07) is 9.20. The minimum Gasteiger partial charge on any atom is -0.486 e. The molecule has 218 valence electrons. The summed E-state index contributed by atoms with van der Waals surface area (Å²) < 4.78 is 11.7. The second-order valence-corrected chi connectivity index (χ2v) is 11.0. The second-order valence-electron chi connectivity index (χ2n) is 10.0. The Balaban J connectivity index is 1.31. The average Bonchev–Trinajstić information content (AvgIpc) is 3.75. The normalized spacial score (nSPS) is 16.3. The van der Waals surface area contributed by atoms with Crippen LogP contribution in [0, 0.1) is 11.3 Å². The van der Waals surface area contributed by atoms with Crippen LogP contribution in [-0.4, -0.2) is 59.2 Å². The van der Waals surface area contributed by atoms with E-state index in [1.165, 1.54) is 29.9 Å². The van der Waals surface area contributed by atoms with E-state index in [1.54, 1.807) is 30.3 Å². The highest BCUT2D eigenvalue weighted by atomic mass is 32.1. The summed E-state index contributed by atoms with van der Waals surface area (Å²) in [6.07, 6.45) is 8.36. The number of nitriles is 1. The Morgan fingerprint density at radius 1 is 1.14 bits per heavy atom. The lowest BCUT2D eigenvalue weighted by molar-refractivity contribution is -0.112. The highest BCUT2D eigenvalue weighted by Gasteiger charge is 2.22. The van der Waals surface area contributed by atoms with E-state index >= 15 is 0 Å². The predicted molar refractivity (Wildman–Crippen MR) is 163 cm³/mol. The molecular formula is C30H28N8O4S. The van der Waals surface area contributed by atoms with Crippen LogP contribution in [-0.2, 0) is 9.53 Å². The fraction of sp³-hybridized carbons (Fsp3) is 0.267. The van der Waals surface area contributed by atoms with Gasteiger partial charge >= 0.3 is 0 Å². The van der Waals surface area contributed by atoms with Gasteiger partial charge in [0.1, 0.15) is 17.9 Å². The van der Waals surface area contributed by atoms with Crippen LogP contribution in [0.25, 0.3) is 10.9 Å². The number of carbonyl (C=O) groups excluding carboxylic acids is 2. The molecule has 2 aliphatic rings. The molecule has 0 radical (unpaired) electrons. The fourth-order valence-electron chi connectivity index (χ4n) is 4.84. The molecule has 12 nitrogen and oxygen atoms in total. The molecule has 2 fully saturated rings. The maximum absolute atomic E-state index is 13.1. The third-order valence-corrected chi connectivity index (χ3v) is 7.87. The van der Waals surface area contributed by atoms with Gasteiger partial charge in [-0.05, 0) is 43.4 Å². The lowest BCUT2D eigenvalue weighted by atomic mass is 10.0. The van der Waals surface area contributed by atoms with Crippen molar-refractivity contribution in [3.63, 3.8) is 0 Å². The number of hydrogen-bond acceptors (Lipinski definition) is 11. The van der Waals surface area contributed by atoms with E-state index in [4.69, 9.17) is 9.47 Å². The number of fused-ring (bicyclic) bond motifs is 1. The molecular weight excluding hydrogens is 568 g/mol. The van der Waals surface area contributed by atoms with Gasteiger partial charge in [-0.2, -0.15) is 5.26 Å². The van der Waals surface area contributed by atoms with Crippen molar-refractivity contribution in [2.24, 2.45) is 0 Å². The van der Waals surface area contributed by atoms with E-state index < -0.39 is 0 Å². The molecule has 13 heteroatoms. The Hall–Kier alpha value is -4.90. The van der Waals surface area contributed by atoms with E-state index in [-0.39, 0.29) is 29.4 Å². The number of nitrogens with one attached hydrogen (secondary N) is 4. The summed E-state index contributed by atoms with van der Waals surface area (Å²) in [4.78, 5) is 38.9. The SMILES string of the molecule is N#Cc1cnc2cc(OC3CCOC3)c(NC(=O)C=C3CCNCC3)cc2c1Nc1cnc(NC(=O)c2cccs2)nc1. The van der Waals surface area contributed by atoms with Gasteiger partial charge in [-0.25, -0.2) is 9.97 Å². The van der Waals surface area contributed by atoms with Gasteiger partial charge in [0.2, 0.25) is 11.9 Å². The summed E-state index contributed by atoms with van der Waals surface area (Å²) in [5.41, 5.74) is 3.34. The molecule has 5 heterocycles. The van der Waals surface area contributed by atoms with Crippen LogP contribution in [0.2, 0.25) is 0 Å². The number of ether oxygens (including phenoxy) is 2. The van der Waals surface area contributed by atoms with Crippen LogP contribution < -0.4 is 26.0 Å². The monoisotopic (exact) mass is 596 g/mol. The smallest absolute Gasteiger partial charge is 0.268 e. The van der Waals surface area contributed by atoms with Gasteiger partial charge in [0.25, 0.3) is 5.91 Å². The topological polar surface area (TPSA) is 163 Å². The molecule has 1 aromatic carbocycles. The maximum atomic E-state index is 13.1. The summed E-state index contributed by atoms with van der Waals surface area (Å²) >= 11 is 1.32. The van der Waals surface area contributed by atoms with Gasteiger partial charge in [0.15, 0.2) is 0 Å². The molecule has 4 aromatic rings. The van der Waals surface area contributed by atoms with E-state index in [2.05, 4.69) is 42.3 Å². The highest BCUT2D eigenvalue weighted by molar-refractivity contribution is 7.12. The van der Waals surface area contributed by atoms with E-state index in [1.807, 2.05) is 5.38 Å². The molecule has 2 aliphatic heterocycles. The van der Waals surface area contributed by atoms with Gasteiger partial charge in [-0.15, -0.1) is 11.3 Å². The first-order valence-electron chi connectivity index (χ1n) is 13.8. The van der Waals surface area contributed by atoms with Crippen molar-refractivity contribution < 1.29 is 19.1 Å². The molecule has 2 amide bonds. The minimum absolute atomic E-state index is 0.148. The fourth-order valence-corrected chi connectivity index (χ4v) is 5.46. The first kappa shape index (κ1) is 28.2. The number of carbonyl (C=O) groups is 2. The lowest BCUT2D eigenvalue weighted by Crippen LogP contribution is -2.24. The second kappa shape index (κ2) is 13.0. The number of benzene rings is 1. The van der Waals surface area contributed by atoms with Gasteiger partial charge in [-0.1, -0.05) is 11.6 Å². The van der Waals surface area contributed by atoms with Crippen LogP contribution in [0.5, 0.6) is 5.75 Å². The van der Waals surface area contributed by atoms with Crippen LogP contribution in [0.1, 0.15) is 34.5 Å². The van der Waals surface area contributed by atoms with Crippen molar-refractivity contribution in [3.05, 3.63) is 70.3 Å². The van der Waals surface area contributed by atoms with Crippen LogP contribution >= 0.6 is 11.3 Å². The van der Waals surface area contributed by atoms with Gasteiger partial charge in [-0.3, -0.25) is 19.9 Å². The Morgan fingerprint density at radius 3 is 2.70 bits per heavy atom. The predicted octanol–water partition coefficient (Wildman–Crippen LogP) is 4.37. The number of anilines is 4. The highest BCUT2D eigenvalue weighted by Crippen LogP contribution is 2.37. The summed E-state index contributed by atoms with van der Waals surface area (Å²) in [5, 5.41) is 24.5. The third-order valence-electron chi connectivity index (χ3n) is 7.00. The zero-order valence-electron chi connectivity index (χ0n) is 23.1. The molecule has 2 saturated heterocycles. The van der Waals surface area contributed by atoms with Crippen molar-refractivity contribution in [2.45, 2.75) is 25.4 Å². The summed E-state index contributed by atoms with van der Waals surface area (Å²) in [7, 11) is 0. The van der Waals surface area contributed by atoms with Gasteiger partial charge < -0.3 is 25.4 Å². The number of nitrogens with zero attached hydrogens (tertiary/aromatic N) is 4. The number of aromatic nitrogens is 3. The van der Waals surface area contributed by atoms with Crippen LogP contribution in [0.15, 0.2) is 59.9 Å². The molecule has 1 atom stereocenters. The Labute approximate surface area is 251 Å². The zero-order valence-corrected chi connectivity index (χ0v) is 23.9. The molecule has 0 bridgehead atoms. The van der Waals surface area contributed by atoms with E-state index in [9.17, 15) is 14.9 Å². The number of rotatable bonds is 8. The molecule has 3 aromatic heterocycles. The molecule has 1 unspecified atom stereocenters. The first-order chi connectivity index (χ1) is 21.1. The number of amides is 2. The van der Waals surface area contributed by atoms with Crippen molar-refractivity contribution >= 4 is 57.1 Å². The van der Waals surface area contributed by atoms with Gasteiger partial charge in [0, 0.05) is 30.1 Å². The largest absolute Gasteiger partial charge is 0.486 e. The molecule has 0 saturated carbocycles. The molecule has 6 rings (SSSR count). The standard InChI is InChI=1S/C30H28N8O4S/c31-13-19-14-33-23-12-25(42-21-5-8-41-17-21)24(37-27(39)10-18-3-6-32-7-4-18)11-22(23)28(19)36-20-15-34-30(35-16-20)38-29(40)26-2-1-9-43-26/h1-2,9-12,14-16,21,32H,3-8,17H2,(H,33,36)(H,37,39)(H,34,35,38,40). The van der Waals surface area contributed by atoms with Crippen molar-refractivity contribution in [1.82, 2.24) is 20.3 Å². The van der Waals surface area contributed by atoms with Crippen LogP contribution in [0.4, 0.5) is 23.0 Å². The van der Waals surface area contributed by atoms with E-state index in [0.717, 1.165) is 37.9 Å². The summed E-state index contributed by atoms with van der Waals surface area (Å²) in [6.45, 7) is 2.75. The average molecular weight is 597 g/mol. The van der Waals surface area contributed by atoms with Crippen LogP contribution in [0.3, 0.4) is 0 Å². The minimum atomic E-state index is -0.296. The quantitative estimate of drug-likeness (QED) is 0.215. The Morgan fingerprint density at radius 2 is 1.98 bits per heavy atom.